The summed E-state index contributed by atoms with van der Waals surface area (Å²) in [6, 6.07) is 5.57. The van der Waals surface area contributed by atoms with E-state index in [1.165, 1.54) is 13.0 Å². The minimum atomic E-state index is -3.67. The van der Waals surface area contributed by atoms with Crippen molar-refractivity contribution in [2.24, 2.45) is 10.9 Å². The molecule has 1 aromatic rings. The van der Waals surface area contributed by atoms with Gasteiger partial charge in [-0.05, 0) is 50.7 Å². The van der Waals surface area contributed by atoms with E-state index in [4.69, 9.17) is 4.74 Å². The van der Waals surface area contributed by atoms with E-state index in [0.717, 1.165) is 25.7 Å². The van der Waals surface area contributed by atoms with Gasteiger partial charge in [-0.25, -0.2) is 13.2 Å². The standard InChI is InChI=1S/C19H25N3O5S/c1-12-7-9-14(10-8-12)21-17(23)11-27-19(24)13(2)20-18-15-5-3-4-6-16(15)28(25,26)22-18/h3-6,12-14H,7-11H2,1-2H3,(H,20,22)(H,21,23)/t12?,13-,14?/m1/s1. The van der Waals surface area contributed by atoms with Crippen molar-refractivity contribution >= 4 is 27.7 Å². The highest BCUT2D eigenvalue weighted by Crippen LogP contribution is 2.24. The molecule has 152 valence electrons. The quantitative estimate of drug-likeness (QED) is 0.715. The van der Waals surface area contributed by atoms with E-state index in [-0.39, 0.29) is 29.3 Å². The highest BCUT2D eigenvalue weighted by atomic mass is 32.2. The van der Waals surface area contributed by atoms with Crippen LogP contribution in [0.2, 0.25) is 0 Å². The van der Waals surface area contributed by atoms with E-state index in [0.29, 0.717) is 11.5 Å². The molecule has 9 heteroatoms. The summed E-state index contributed by atoms with van der Waals surface area (Å²) in [6.07, 6.45) is 4.03. The fourth-order valence-corrected chi connectivity index (χ4v) is 4.65. The number of amides is 1. The van der Waals surface area contributed by atoms with E-state index in [1.807, 2.05) is 0 Å². The number of fused-ring (bicyclic) bond motifs is 1. The zero-order valence-electron chi connectivity index (χ0n) is 16.0. The normalized spacial score (nSPS) is 25.4. The van der Waals surface area contributed by atoms with E-state index in [9.17, 15) is 18.0 Å². The minimum Gasteiger partial charge on any atom is -0.454 e. The number of aliphatic imine (C=N–C) groups is 1. The molecule has 0 unspecified atom stereocenters. The van der Waals surface area contributed by atoms with Gasteiger partial charge in [0.1, 0.15) is 11.9 Å². The maximum atomic E-state index is 12.2. The topological polar surface area (TPSA) is 114 Å². The van der Waals surface area contributed by atoms with Crippen LogP contribution >= 0.6 is 0 Å². The van der Waals surface area contributed by atoms with Crippen LogP contribution < -0.4 is 10.0 Å². The summed E-state index contributed by atoms with van der Waals surface area (Å²) in [5.74, 6) is -0.243. The van der Waals surface area contributed by atoms with Gasteiger partial charge in [-0.3, -0.25) is 14.5 Å². The molecule has 1 atom stereocenters. The average Bonchev–Trinajstić information content (AvgIpc) is 2.92. The molecule has 1 saturated carbocycles. The Balaban J connectivity index is 1.54. The lowest BCUT2D eigenvalue weighted by Crippen LogP contribution is -2.40. The van der Waals surface area contributed by atoms with Crippen molar-refractivity contribution in [1.82, 2.24) is 10.0 Å². The first-order valence-electron chi connectivity index (χ1n) is 9.42. The third-order valence-electron chi connectivity index (χ3n) is 5.05. The van der Waals surface area contributed by atoms with Crippen molar-refractivity contribution in [3.8, 4) is 0 Å². The zero-order valence-corrected chi connectivity index (χ0v) is 16.8. The van der Waals surface area contributed by atoms with Crippen LogP contribution in [0.4, 0.5) is 0 Å². The number of ether oxygens (including phenoxy) is 1. The molecule has 1 aliphatic heterocycles. The summed E-state index contributed by atoms with van der Waals surface area (Å²) in [5, 5.41) is 2.89. The first-order valence-corrected chi connectivity index (χ1v) is 10.9. The fourth-order valence-electron chi connectivity index (χ4n) is 3.41. The Morgan fingerprint density at radius 3 is 2.64 bits per heavy atom. The fraction of sp³-hybridized carbons (Fsp3) is 0.526. The predicted octanol–water partition coefficient (Wildman–Crippen LogP) is 1.35. The van der Waals surface area contributed by atoms with Crippen LogP contribution in [-0.2, 0) is 24.3 Å². The molecule has 1 heterocycles. The number of carbonyl (C=O) groups is 2. The second-order valence-electron chi connectivity index (χ2n) is 7.39. The van der Waals surface area contributed by atoms with Gasteiger partial charge >= 0.3 is 5.97 Å². The third-order valence-corrected chi connectivity index (χ3v) is 6.45. The highest BCUT2D eigenvalue weighted by Gasteiger charge is 2.31. The molecule has 3 rings (SSSR count). The molecule has 28 heavy (non-hydrogen) atoms. The number of benzene rings is 1. The van der Waals surface area contributed by atoms with Gasteiger partial charge in [0.05, 0.1) is 4.90 Å². The second kappa shape index (κ2) is 8.30. The SMILES string of the molecule is CC1CCC(NC(=O)COC(=O)[C@@H](C)N=C2NS(=O)(=O)c3ccccc32)CC1. The highest BCUT2D eigenvalue weighted by molar-refractivity contribution is 7.90. The first kappa shape index (κ1) is 20.3. The van der Waals surface area contributed by atoms with Crippen LogP contribution in [0.25, 0.3) is 0 Å². The number of nitrogens with zero attached hydrogens (tertiary/aromatic N) is 1. The molecule has 0 radical (unpaired) electrons. The van der Waals surface area contributed by atoms with Gasteiger partial charge in [-0.1, -0.05) is 19.1 Å². The molecule has 2 N–H and O–H groups in total. The molecule has 1 amide bonds. The lowest BCUT2D eigenvalue weighted by molar-refractivity contribution is -0.149. The lowest BCUT2D eigenvalue weighted by atomic mass is 9.87. The lowest BCUT2D eigenvalue weighted by Gasteiger charge is -2.26. The summed E-state index contributed by atoms with van der Waals surface area (Å²) in [4.78, 5) is 28.4. The van der Waals surface area contributed by atoms with Crippen molar-refractivity contribution < 1.29 is 22.7 Å². The van der Waals surface area contributed by atoms with Gasteiger partial charge in [-0.15, -0.1) is 0 Å². The Bertz CT molecular complexity index is 889. The van der Waals surface area contributed by atoms with Gasteiger partial charge < -0.3 is 10.1 Å². The molecular formula is C19H25N3O5S. The number of amidine groups is 1. The average molecular weight is 407 g/mol. The van der Waals surface area contributed by atoms with Crippen LogP contribution in [0.1, 0.15) is 45.1 Å². The van der Waals surface area contributed by atoms with Crippen molar-refractivity contribution in [2.45, 2.75) is 56.5 Å². The number of esters is 1. The largest absolute Gasteiger partial charge is 0.454 e. The van der Waals surface area contributed by atoms with Gasteiger partial charge in [0.15, 0.2) is 6.61 Å². The Morgan fingerprint density at radius 2 is 1.93 bits per heavy atom. The maximum absolute atomic E-state index is 12.2. The van der Waals surface area contributed by atoms with Crippen molar-refractivity contribution in [1.29, 1.82) is 0 Å². The molecule has 1 aliphatic carbocycles. The Labute approximate surface area is 164 Å². The zero-order chi connectivity index (χ0) is 20.3. The van der Waals surface area contributed by atoms with Gasteiger partial charge in [0.2, 0.25) is 0 Å². The van der Waals surface area contributed by atoms with Gasteiger partial charge in [0, 0.05) is 11.6 Å². The number of carbonyl (C=O) groups excluding carboxylic acids is 2. The number of sulfonamides is 1. The summed E-state index contributed by atoms with van der Waals surface area (Å²) in [5.41, 5.74) is 0.409. The molecule has 0 aromatic heterocycles. The predicted molar refractivity (Wildman–Crippen MR) is 103 cm³/mol. The molecule has 0 bridgehead atoms. The number of nitrogens with one attached hydrogen (secondary N) is 2. The summed E-state index contributed by atoms with van der Waals surface area (Å²) in [7, 11) is -3.67. The van der Waals surface area contributed by atoms with E-state index in [2.05, 4.69) is 22.0 Å². The molecule has 8 nitrogen and oxygen atoms in total. The van der Waals surface area contributed by atoms with Crippen molar-refractivity contribution in [2.75, 3.05) is 6.61 Å². The summed E-state index contributed by atoms with van der Waals surface area (Å²) < 4.78 is 31.5. The number of hydrogen-bond acceptors (Lipinski definition) is 6. The molecule has 1 aromatic carbocycles. The summed E-state index contributed by atoms with van der Waals surface area (Å²) >= 11 is 0. The smallest absolute Gasteiger partial charge is 0.331 e. The van der Waals surface area contributed by atoms with Crippen molar-refractivity contribution in [3.63, 3.8) is 0 Å². The molecule has 0 saturated heterocycles. The monoisotopic (exact) mass is 407 g/mol. The number of rotatable bonds is 5. The van der Waals surface area contributed by atoms with Gasteiger partial charge in [0.25, 0.3) is 15.9 Å². The minimum absolute atomic E-state index is 0.0980. The van der Waals surface area contributed by atoms with Crippen LogP contribution in [0.5, 0.6) is 0 Å². The van der Waals surface area contributed by atoms with Crippen molar-refractivity contribution in [3.05, 3.63) is 29.8 Å². The first-order chi connectivity index (χ1) is 13.3. The maximum Gasteiger partial charge on any atom is 0.331 e. The molecular weight excluding hydrogens is 382 g/mol. The van der Waals surface area contributed by atoms with E-state index in [1.54, 1.807) is 18.2 Å². The molecule has 0 spiro atoms. The Kier molecular flexibility index (Phi) is 6.02. The van der Waals surface area contributed by atoms with Gasteiger partial charge in [-0.2, -0.15) is 0 Å². The van der Waals surface area contributed by atoms with Crippen LogP contribution in [0.15, 0.2) is 34.2 Å². The van der Waals surface area contributed by atoms with Crippen LogP contribution in [0.3, 0.4) is 0 Å². The van der Waals surface area contributed by atoms with E-state index >= 15 is 0 Å². The van der Waals surface area contributed by atoms with Crippen LogP contribution in [0, 0.1) is 5.92 Å². The van der Waals surface area contributed by atoms with Crippen LogP contribution in [-0.4, -0.2) is 44.8 Å². The molecule has 2 aliphatic rings. The number of hydrogen-bond donors (Lipinski definition) is 2. The third kappa shape index (κ3) is 4.70. The summed E-state index contributed by atoms with van der Waals surface area (Å²) in [6.45, 7) is 3.32. The van der Waals surface area contributed by atoms with E-state index < -0.39 is 22.0 Å². The molecule has 1 fully saturated rings. The Morgan fingerprint density at radius 1 is 1.25 bits per heavy atom. The Hall–Kier alpha value is -2.42. The second-order valence-corrected chi connectivity index (χ2v) is 9.04.